The molecule has 0 aliphatic rings. The van der Waals surface area contributed by atoms with Crippen molar-refractivity contribution < 1.29 is 9.47 Å². The van der Waals surface area contributed by atoms with Crippen molar-refractivity contribution in [2.24, 2.45) is 0 Å². The first-order valence-corrected chi connectivity index (χ1v) is 12.9. The van der Waals surface area contributed by atoms with Crippen LogP contribution in [-0.2, 0) is 13.2 Å². The number of halogens is 1. The maximum atomic E-state index is 6.60. The van der Waals surface area contributed by atoms with Crippen molar-refractivity contribution in [3.63, 3.8) is 0 Å². The van der Waals surface area contributed by atoms with Crippen LogP contribution in [0.2, 0.25) is 5.02 Å². The molecule has 0 spiro atoms. The SMILES string of the molecule is COc1cc(CNc2ccc(-c3nc4ccc(C)cc4s3)cc2)c(Cl)cc1OCc1ccc(C)cc1. The van der Waals surface area contributed by atoms with Crippen molar-refractivity contribution in [2.45, 2.75) is 27.0 Å². The van der Waals surface area contributed by atoms with E-state index in [1.165, 1.54) is 15.8 Å². The van der Waals surface area contributed by atoms with Crippen molar-refractivity contribution in [3.05, 3.63) is 106 Å². The second kappa shape index (κ2) is 10.6. The van der Waals surface area contributed by atoms with Crippen LogP contribution in [0.3, 0.4) is 0 Å². The summed E-state index contributed by atoms with van der Waals surface area (Å²) in [6.07, 6.45) is 0. The fourth-order valence-corrected chi connectivity index (χ4v) is 5.20. The van der Waals surface area contributed by atoms with Gasteiger partial charge in [0.05, 0.1) is 17.3 Å². The quantitative estimate of drug-likeness (QED) is 0.225. The third-order valence-corrected chi connectivity index (χ3v) is 7.43. The fraction of sp³-hybridized carbons (Fsp3) is 0.167. The Bertz CT molecular complexity index is 1490. The van der Waals surface area contributed by atoms with Gasteiger partial charge >= 0.3 is 0 Å². The number of nitrogens with zero attached hydrogens (tertiary/aromatic N) is 1. The molecule has 5 rings (SSSR count). The van der Waals surface area contributed by atoms with Gasteiger partial charge in [0.1, 0.15) is 11.6 Å². The molecule has 0 amide bonds. The lowest BCUT2D eigenvalue weighted by Gasteiger charge is -2.15. The molecule has 0 aliphatic carbocycles. The predicted molar refractivity (Wildman–Crippen MR) is 151 cm³/mol. The van der Waals surface area contributed by atoms with Gasteiger partial charge in [0.2, 0.25) is 0 Å². The first kappa shape index (κ1) is 24.2. The van der Waals surface area contributed by atoms with Crippen molar-refractivity contribution in [2.75, 3.05) is 12.4 Å². The number of anilines is 1. The molecule has 1 aromatic heterocycles. The Balaban J connectivity index is 1.25. The summed E-state index contributed by atoms with van der Waals surface area (Å²) in [5.74, 6) is 1.28. The van der Waals surface area contributed by atoms with Crippen LogP contribution in [0.25, 0.3) is 20.8 Å². The summed E-state index contributed by atoms with van der Waals surface area (Å²) in [5, 5.41) is 5.10. The molecule has 0 radical (unpaired) electrons. The molecule has 0 unspecified atom stereocenters. The van der Waals surface area contributed by atoms with Crippen LogP contribution in [0.15, 0.2) is 78.9 Å². The van der Waals surface area contributed by atoms with Gasteiger partial charge in [-0.15, -0.1) is 11.3 Å². The Morgan fingerprint density at radius 1 is 0.861 bits per heavy atom. The second-order valence-electron chi connectivity index (χ2n) is 8.79. The van der Waals surface area contributed by atoms with Gasteiger partial charge in [-0.3, -0.25) is 0 Å². The standard InChI is InChI=1S/C30H27ClN2O2S/c1-19-4-7-21(8-5-19)18-35-28-16-25(31)23(15-27(28)34-3)17-32-24-11-9-22(10-12-24)30-33-26-13-6-20(2)14-29(26)36-30/h4-16,32H,17-18H2,1-3H3. The number of thiazole rings is 1. The Kier molecular flexibility index (Phi) is 7.12. The van der Waals surface area contributed by atoms with Gasteiger partial charge in [-0.1, -0.05) is 47.5 Å². The van der Waals surface area contributed by atoms with Crippen molar-refractivity contribution in [1.82, 2.24) is 4.98 Å². The molecule has 1 heterocycles. The Labute approximate surface area is 220 Å². The smallest absolute Gasteiger partial charge is 0.163 e. The van der Waals surface area contributed by atoms with Crippen LogP contribution in [-0.4, -0.2) is 12.1 Å². The lowest BCUT2D eigenvalue weighted by atomic mass is 10.1. The average Bonchev–Trinajstić information content (AvgIpc) is 3.31. The number of hydrogen-bond donors (Lipinski definition) is 1. The zero-order valence-electron chi connectivity index (χ0n) is 20.5. The highest BCUT2D eigenvalue weighted by atomic mass is 35.5. The van der Waals surface area contributed by atoms with Crippen LogP contribution in [0.5, 0.6) is 11.5 Å². The van der Waals surface area contributed by atoms with Gasteiger partial charge in [-0.2, -0.15) is 0 Å². The normalized spacial score (nSPS) is 11.0. The molecule has 0 saturated carbocycles. The molecule has 0 bridgehead atoms. The number of methoxy groups -OCH3 is 1. The van der Waals surface area contributed by atoms with Crippen LogP contribution >= 0.6 is 22.9 Å². The molecule has 182 valence electrons. The first-order valence-electron chi connectivity index (χ1n) is 11.7. The Morgan fingerprint density at radius 3 is 2.36 bits per heavy atom. The van der Waals surface area contributed by atoms with E-state index in [-0.39, 0.29) is 0 Å². The van der Waals surface area contributed by atoms with Gasteiger partial charge in [-0.05, 0) is 73.0 Å². The summed E-state index contributed by atoms with van der Waals surface area (Å²) >= 11 is 8.32. The third-order valence-electron chi connectivity index (χ3n) is 6.01. The van der Waals surface area contributed by atoms with Gasteiger partial charge in [-0.25, -0.2) is 4.98 Å². The van der Waals surface area contributed by atoms with E-state index in [1.807, 2.05) is 12.1 Å². The summed E-state index contributed by atoms with van der Waals surface area (Å²) in [7, 11) is 1.64. The molecule has 6 heteroatoms. The van der Waals surface area contributed by atoms with Crippen LogP contribution < -0.4 is 14.8 Å². The molecule has 0 aliphatic heterocycles. The second-order valence-corrected chi connectivity index (χ2v) is 10.2. The molecule has 1 N–H and O–H groups in total. The fourth-order valence-electron chi connectivity index (χ4n) is 3.91. The van der Waals surface area contributed by atoms with Gasteiger partial charge in [0.25, 0.3) is 0 Å². The highest BCUT2D eigenvalue weighted by molar-refractivity contribution is 7.21. The maximum Gasteiger partial charge on any atom is 0.163 e. The molecule has 4 aromatic carbocycles. The summed E-state index contributed by atoms with van der Waals surface area (Å²) in [6.45, 7) is 5.18. The molecule has 0 atom stereocenters. The molecule has 0 saturated heterocycles. The Morgan fingerprint density at radius 2 is 1.61 bits per heavy atom. The number of hydrogen-bond acceptors (Lipinski definition) is 5. The molecule has 0 fully saturated rings. The van der Waals surface area contributed by atoms with Crippen molar-refractivity contribution in [1.29, 1.82) is 0 Å². The van der Waals surface area contributed by atoms with E-state index in [9.17, 15) is 0 Å². The Hall–Kier alpha value is -3.54. The lowest BCUT2D eigenvalue weighted by molar-refractivity contribution is 0.284. The number of fused-ring (bicyclic) bond motifs is 1. The van der Waals surface area contributed by atoms with E-state index < -0.39 is 0 Å². The third kappa shape index (κ3) is 5.48. The van der Waals surface area contributed by atoms with Crippen LogP contribution in [0, 0.1) is 13.8 Å². The van der Waals surface area contributed by atoms with Gasteiger partial charge in [0, 0.05) is 28.9 Å². The van der Waals surface area contributed by atoms with Crippen LogP contribution in [0.4, 0.5) is 5.69 Å². The van der Waals surface area contributed by atoms with Crippen molar-refractivity contribution >= 4 is 38.8 Å². The number of benzene rings is 4. The highest BCUT2D eigenvalue weighted by Crippen LogP contribution is 2.35. The number of aryl methyl sites for hydroxylation is 2. The maximum absolute atomic E-state index is 6.60. The lowest BCUT2D eigenvalue weighted by Crippen LogP contribution is -2.03. The molecule has 4 nitrogen and oxygen atoms in total. The number of aromatic nitrogens is 1. The first-order chi connectivity index (χ1) is 17.5. The highest BCUT2D eigenvalue weighted by Gasteiger charge is 2.12. The van der Waals surface area contributed by atoms with E-state index in [0.29, 0.717) is 29.7 Å². The summed E-state index contributed by atoms with van der Waals surface area (Å²) in [4.78, 5) is 4.78. The predicted octanol–water partition coefficient (Wildman–Crippen LogP) is 8.43. The number of nitrogens with one attached hydrogen (secondary N) is 1. The van der Waals surface area contributed by atoms with E-state index in [4.69, 9.17) is 26.1 Å². The van der Waals surface area contributed by atoms with Crippen LogP contribution in [0.1, 0.15) is 22.3 Å². The topological polar surface area (TPSA) is 43.4 Å². The number of ether oxygens (including phenoxy) is 2. The summed E-state index contributed by atoms with van der Waals surface area (Å²) < 4.78 is 12.8. The summed E-state index contributed by atoms with van der Waals surface area (Å²) in [5.41, 5.74) is 7.64. The van der Waals surface area contributed by atoms with Gasteiger partial charge < -0.3 is 14.8 Å². The van der Waals surface area contributed by atoms with E-state index >= 15 is 0 Å². The van der Waals surface area contributed by atoms with E-state index in [1.54, 1.807) is 18.4 Å². The molecular formula is C30H27ClN2O2S. The number of rotatable bonds is 8. The van der Waals surface area contributed by atoms with E-state index in [2.05, 4.69) is 85.9 Å². The molecule has 5 aromatic rings. The monoisotopic (exact) mass is 514 g/mol. The minimum absolute atomic E-state index is 0.450. The van der Waals surface area contributed by atoms with E-state index in [0.717, 1.165) is 32.9 Å². The molecule has 36 heavy (non-hydrogen) atoms. The minimum atomic E-state index is 0.450. The van der Waals surface area contributed by atoms with Crippen molar-refractivity contribution in [3.8, 4) is 22.1 Å². The zero-order valence-corrected chi connectivity index (χ0v) is 22.0. The average molecular weight is 515 g/mol. The largest absolute Gasteiger partial charge is 0.493 e. The minimum Gasteiger partial charge on any atom is -0.493 e. The summed E-state index contributed by atoms with van der Waals surface area (Å²) in [6, 6.07) is 26.7. The van der Waals surface area contributed by atoms with Gasteiger partial charge in [0.15, 0.2) is 11.5 Å². The molecular weight excluding hydrogens is 488 g/mol. The zero-order chi connectivity index (χ0) is 25.1.